The smallest absolute Gasteiger partial charge is 0.229 e. The average molecular weight is 398 g/mol. The molecule has 3 rings (SSSR count). The van der Waals surface area contributed by atoms with Gasteiger partial charge in [0, 0.05) is 22.9 Å². The normalized spacial score (nSPS) is 21.0. The predicted molar refractivity (Wildman–Crippen MR) is 96.4 cm³/mol. The molecule has 1 fully saturated rings. The maximum Gasteiger partial charge on any atom is 0.229 e. The van der Waals surface area contributed by atoms with Crippen molar-refractivity contribution in [2.24, 2.45) is 0 Å². The lowest BCUT2D eigenvalue weighted by Crippen LogP contribution is -2.28. The minimum Gasteiger partial charge on any atom is -0.393 e. The molecule has 1 aliphatic carbocycles. The summed E-state index contributed by atoms with van der Waals surface area (Å²) in [4.78, 5) is 8.81. The first kappa shape index (κ1) is 16.5. The van der Waals surface area contributed by atoms with E-state index in [0.29, 0.717) is 17.0 Å². The Morgan fingerprint density at radius 3 is 2.52 bits per heavy atom. The number of aliphatic hydroxyl groups excluding tert-OH is 1. The highest BCUT2D eigenvalue weighted by molar-refractivity contribution is 9.10. The fourth-order valence-corrected chi connectivity index (χ4v) is 3.04. The van der Waals surface area contributed by atoms with E-state index in [1.165, 1.54) is 0 Å². The van der Waals surface area contributed by atoms with Crippen LogP contribution in [0.2, 0.25) is 5.02 Å². The fourth-order valence-electron chi connectivity index (χ4n) is 2.60. The molecule has 0 bridgehead atoms. The van der Waals surface area contributed by atoms with E-state index in [1.54, 1.807) is 6.20 Å². The zero-order valence-corrected chi connectivity index (χ0v) is 14.8. The zero-order chi connectivity index (χ0) is 16.2. The Morgan fingerprint density at radius 2 is 1.83 bits per heavy atom. The third-order valence-electron chi connectivity index (χ3n) is 3.88. The lowest BCUT2D eigenvalue weighted by atomic mass is 9.93. The van der Waals surface area contributed by atoms with Gasteiger partial charge in [0.15, 0.2) is 0 Å². The minimum absolute atomic E-state index is 0.163. The molecule has 1 heterocycles. The second kappa shape index (κ2) is 7.47. The van der Waals surface area contributed by atoms with Crippen LogP contribution in [0.3, 0.4) is 0 Å². The summed E-state index contributed by atoms with van der Waals surface area (Å²) in [5.74, 6) is 1.28. The molecule has 0 aliphatic heterocycles. The van der Waals surface area contributed by atoms with E-state index in [9.17, 15) is 5.11 Å². The van der Waals surface area contributed by atoms with Crippen molar-refractivity contribution in [3.63, 3.8) is 0 Å². The number of nitrogens with zero attached hydrogens (tertiary/aromatic N) is 2. The van der Waals surface area contributed by atoms with Crippen molar-refractivity contribution >= 4 is 45.0 Å². The van der Waals surface area contributed by atoms with Crippen molar-refractivity contribution in [3.8, 4) is 0 Å². The van der Waals surface area contributed by atoms with Crippen molar-refractivity contribution in [1.29, 1.82) is 0 Å². The minimum atomic E-state index is -0.163. The van der Waals surface area contributed by atoms with Crippen LogP contribution in [0.5, 0.6) is 0 Å². The number of aromatic nitrogens is 2. The molecule has 5 nitrogen and oxygen atoms in total. The molecule has 0 amide bonds. The van der Waals surface area contributed by atoms with Crippen LogP contribution in [0.4, 0.5) is 17.5 Å². The number of rotatable bonds is 4. The molecule has 7 heteroatoms. The molecule has 122 valence electrons. The Labute approximate surface area is 148 Å². The van der Waals surface area contributed by atoms with E-state index in [4.69, 9.17) is 11.6 Å². The van der Waals surface area contributed by atoms with Gasteiger partial charge in [0.05, 0.1) is 10.6 Å². The Morgan fingerprint density at radius 1 is 1.13 bits per heavy atom. The number of hydrogen-bond donors (Lipinski definition) is 3. The Balaban J connectivity index is 1.70. The highest BCUT2D eigenvalue weighted by Crippen LogP contribution is 2.27. The number of nitrogens with one attached hydrogen (secondary N) is 2. The standard InChI is InChI=1S/C16H18BrClN4O/c17-14-9-19-16(21-12-3-1-10(18)2-4-12)22-15(14)20-11-5-7-13(23)8-6-11/h1-4,9,11,13,23H,5-8H2,(H2,19,20,21,22)/t11-,13-. The van der Waals surface area contributed by atoms with Gasteiger partial charge in [-0.2, -0.15) is 4.98 Å². The highest BCUT2D eigenvalue weighted by Gasteiger charge is 2.20. The molecule has 23 heavy (non-hydrogen) atoms. The van der Waals surface area contributed by atoms with Crippen LogP contribution in [0.15, 0.2) is 34.9 Å². The second-order valence-electron chi connectivity index (χ2n) is 5.67. The average Bonchev–Trinajstić information content (AvgIpc) is 2.55. The number of hydrogen-bond acceptors (Lipinski definition) is 5. The third kappa shape index (κ3) is 4.56. The summed E-state index contributed by atoms with van der Waals surface area (Å²) in [6.45, 7) is 0. The van der Waals surface area contributed by atoms with Crippen LogP contribution in [-0.2, 0) is 0 Å². The van der Waals surface area contributed by atoms with Gasteiger partial charge in [0.2, 0.25) is 5.95 Å². The molecule has 2 aromatic rings. The van der Waals surface area contributed by atoms with Gasteiger partial charge in [-0.25, -0.2) is 4.98 Å². The molecule has 1 aromatic carbocycles. The maximum atomic E-state index is 9.59. The van der Waals surface area contributed by atoms with E-state index in [1.807, 2.05) is 24.3 Å². The topological polar surface area (TPSA) is 70.1 Å². The molecule has 1 aromatic heterocycles. The number of benzene rings is 1. The van der Waals surface area contributed by atoms with Gasteiger partial charge in [0.25, 0.3) is 0 Å². The first-order valence-corrected chi connectivity index (χ1v) is 8.77. The van der Waals surface area contributed by atoms with Gasteiger partial charge < -0.3 is 15.7 Å². The number of halogens is 2. The van der Waals surface area contributed by atoms with E-state index in [0.717, 1.165) is 41.7 Å². The van der Waals surface area contributed by atoms with Gasteiger partial charge in [0.1, 0.15) is 5.82 Å². The van der Waals surface area contributed by atoms with Crippen molar-refractivity contribution in [2.45, 2.75) is 37.8 Å². The third-order valence-corrected chi connectivity index (χ3v) is 4.71. The molecule has 0 spiro atoms. The van der Waals surface area contributed by atoms with Crippen molar-refractivity contribution < 1.29 is 5.11 Å². The number of aliphatic hydroxyl groups is 1. The quantitative estimate of drug-likeness (QED) is 0.715. The lowest BCUT2D eigenvalue weighted by Gasteiger charge is -2.27. The van der Waals surface area contributed by atoms with Gasteiger partial charge in [-0.05, 0) is 65.9 Å². The van der Waals surface area contributed by atoms with Crippen LogP contribution in [0, 0.1) is 0 Å². The first-order chi connectivity index (χ1) is 11.1. The molecule has 0 unspecified atom stereocenters. The Bertz CT molecular complexity index is 660. The zero-order valence-electron chi connectivity index (χ0n) is 12.5. The molecule has 3 N–H and O–H groups in total. The van der Waals surface area contributed by atoms with Gasteiger partial charge in [-0.15, -0.1) is 0 Å². The van der Waals surface area contributed by atoms with Crippen LogP contribution in [0.25, 0.3) is 0 Å². The predicted octanol–water partition coefficient (Wildman–Crippen LogP) is 4.35. The number of anilines is 3. The van der Waals surface area contributed by atoms with Crippen molar-refractivity contribution in [1.82, 2.24) is 9.97 Å². The Kier molecular flexibility index (Phi) is 5.35. The van der Waals surface area contributed by atoms with E-state index in [2.05, 4.69) is 36.5 Å². The van der Waals surface area contributed by atoms with Crippen molar-refractivity contribution in [3.05, 3.63) is 40.0 Å². The van der Waals surface area contributed by atoms with Crippen molar-refractivity contribution in [2.75, 3.05) is 10.6 Å². The van der Waals surface area contributed by atoms with E-state index < -0.39 is 0 Å². The summed E-state index contributed by atoms with van der Waals surface area (Å²) in [5, 5.41) is 16.9. The summed E-state index contributed by atoms with van der Waals surface area (Å²) >= 11 is 9.37. The summed E-state index contributed by atoms with van der Waals surface area (Å²) in [6.07, 6.45) is 5.11. The molecule has 0 radical (unpaired) electrons. The maximum absolute atomic E-state index is 9.59. The molecule has 1 saturated carbocycles. The van der Waals surface area contributed by atoms with E-state index >= 15 is 0 Å². The summed E-state index contributed by atoms with van der Waals surface area (Å²) in [6, 6.07) is 7.71. The summed E-state index contributed by atoms with van der Waals surface area (Å²) in [5.41, 5.74) is 0.878. The van der Waals surface area contributed by atoms with Gasteiger partial charge in [-0.3, -0.25) is 0 Å². The fraction of sp³-hybridized carbons (Fsp3) is 0.375. The molecule has 1 aliphatic rings. The molecule has 0 atom stereocenters. The SMILES string of the molecule is O[C@H]1CC[C@H](Nc2nc(Nc3ccc(Cl)cc3)ncc2Br)CC1. The molecular weight excluding hydrogens is 380 g/mol. The second-order valence-corrected chi connectivity index (χ2v) is 6.96. The van der Waals surface area contributed by atoms with Gasteiger partial charge >= 0.3 is 0 Å². The lowest BCUT2D eigenvalue weighted by molar-refractivity contribution is 0.126. The molecule has 0 saturated heterocycles. The van der Waals surface area contributed by atoms with Crippen LogP contribution < -0.4 is 10.6 Å². The highest BCUT2D eigenvalue weighted by atomic mass is 79.9. The van der Waals surface area contributed by atoms with Crippen LogP contribution in [0.1, 0.15) is 25.7 Å². The van der Waals surface area contributed by atoms with Gasteiger partial charge in [-0.1, -0.05) is 11.6 Å². The Hall–Kier alpha value is -1.37. The van der Waals surface area contributed by atoms with Crippen LogP contribution >= 0.6 is 27.5 Å². The summed E-state index contributed by atoms with van der Waals surface area (Å²) < 4.78 is 0.824. The monoisotopic (exact) mass is 396 g/mol. The molecular formula is C16H18BrClN4O. The van der Waals surface area contributed by atoms with Crippen LogP contribution in [-0.4, -0.2) is 27.2 Å². The van der Waals surface area contributed by atoms with E-state index in [-0.39, 0.29) is 6.10 Å². The summed E-state index contributed by atoms with van der Waals surface area (Å²) in [7, 11) is 0. The first-order valence-electron chi connectivity index (χ1n) is 7.60. The largest absolute Gasteiger partial charge is 0.393 e.